The molecule has 8 nitrogen and oxygen atoms in total. The topological polar surface area (TPSA) is 124 Å². The molecule has 3 aromatic rings. The number of primary amides is 1. The molecule has 3 amide bonds. The fourth-order valence-corrected chi connectivity index (χ4v) is 7.89. The fraction of sp³-hybridized carbons (Fsp3) is 0.281. The van der Waals surface area contributed by atoms with Crippen LogP contribution in [0.1, 0.15) is 52.4 Å². The molecule has 2 N–H and O–H groups in total. The van der Waals surface area contributed by atoms with E-state index >= 15 is 0 Å². The minimum atomic E-state index is -1.71. The predicted molar refractivity (Wildman–Crippen MR) is 154 cm³/mol. The molecule has 0 spiro atoms. The number of imide groups is 1. The van der Waals surface area contributed by atoms with Gasteiger partial charge in [0.15, 0.2) is 6.10 Å². The molecule has 7 rings (SSSR count). The third-order valence-corrected chi connectivity index (χ3v) is 9.86. The summed E-state index contributed by atoms with van der Waals surface area (Å²) in [5.74, 6) is -6.37. The normalized spacial score (nSPS) is 26.6. The van der Waals surface area contributed by atoms with E-state index in [0.717, 1.165) is 4.90 Å². The number of nitrogens with zero attached hydrogens (tertiary/aromatic N) is 1. The molecule has 1 fully saturated rings. The molecule has 4 atom stereocenters. The summed E-state index contributed by atoms with van der Waals surface area (Å²) >= 11 is 14.9. The van der Waals surface area contributed by atoms with Gasteiger partial charge in [-0.3, -0.25) is 24.1 Å². The van der Waals surface area contributed by atoms with Gasteiger partial charge in [0, 0.05) is 5.56 Å². The summed E-state index contributed by atoms with van der Waals surface area (Å²) in [7, 11) is 0. The summed E-state index contributed by atoms with van der Waals surface area (Å²) in [4.78, 5) is 65.3. The number of halogens is 2. The van der Waals surface area contributed by atoms with Gasteiger partial charge in [-0.1, -0.05) is 85.8 Å². The number of carbonyl (C=O) groups is 5. The maximum Gasteiger partial charge on any atom is 0.330 e. The Kier molecular flexibility index (Phi) is 6.74. The standard InChI is InChI=1S/C32H26Cl2N2O6/c1-2-23(27(38)17-10-4-3-5-11-17)42-30(41)22(16-24(35)37)36-28(39)25-26(29(36)40)32(34)19-13-7-6-12-18(19)31(25,33)20-14-8-9-15-21(20)32/h3-15,22-23,25-26H,2,16H2,1H3,(H2,35,37)/t22-,23+,25-,26-,31?,32?/m1/s1. The van der Waals surface area contributed by atoms with Crippen molar-refractivity contribution in [2.75, 3.05) is 0 Å². The molecule has 0 saturated carbocycles. The second kappa shape index (κ2) is 10.1. The first-order valence-corrected chi connectivity index (χ1v) is 14.3. The Morgan fingerprint density at radius 3 is 1.64 bits per heavy atom. The summed E-state index contributed by atoms with van der Waals surface area (Å²) in [6.45, 7) is 1.66. The van der Waals surface area contributed by atoms with Crippen LogP contribution in [0.25, 0.3) is 0 Å². The van der Waals surface area contributed by atoms with Crippen molar-refractivity contribution in [3.05, 3.63) is 107 Å². The van der Waals surface area contributed by atoms with Crippen LogP contribution >= 0.6 is 23.2 Å². The second-order valence-corrected chi connectivity index (χ2v) is 12.0. The molecule has 214 valence electrons. The van der Waals surface area contributed by atoms with Crippen LogP contribution in [0.4, 0.5) is 0 Å². The molecule has 1 saturated heterocycles. The van der Waals surface area contributed by atoms with Gasteiger partial charge in [-0.05, 0) is 28.7 Å². The number of carbonyl (C=O) groups excluding carboxylic acids is 5. The molecular formula is C32H26Cl2N2O6. The lowest BCUT2D eigenvalue weighted by Crippen LogP contribution is -2.57. The minimum absolute atomic E-state index is 0.121. The summed E-state index contributed by atoms with van der Waals surface area (Å²) in [6, 6.07) is 20.8. The molecule has 0 aromatic heterocycles. The van der Waals surface area contributed by atoms with Crippen molar-refractivity contribution < 1.29 is 28.7 Å². The van der Waals surface area contributed by atoms with E-state index in [9.17, 15) is 24.0 Å². The molecule has 10 heteroatoms. The maximum atomic E-state index is 14.3. The number of nitrogens with two attached hydrogens (primary N) is 1. The van der Waals surface area contributed by atoms with E-state index in [0.29, 0.717) is 27.8 Å². The van der Waals surface area contributed by atoms with Gasteiger partial charge in [0.05, 0.1) is 18.3 Å². The second-order valence-electron chi connectivity index (χ2n) is 10.8. The zero-order chi connectivity index (χ0) is 30.0. The SMILES string of the molecule is CC[C@H](OC(=O)[C@@H](CC(N)=O)N1C(=O)[C@H]2[C@H](C1=O)C1(Cl)c3ccccc3C2(Cl)c2ccccc21)C(=O)c1ccccc1. The first kappa shape index (κ1) is 28.1. The van der Waals surface area contributed by atoms with Crippen molar-refractivity contribution in [2.45, 2.75) is 41.7 Å². The average Bonchev–Trinajstić information content (AvgIpc) is 3.27. The highest BCUT2D eigenvalue weighted by atomic mass is 35.5. The minimum Gasteiger partial charge on any atom is -0.452 e. The van der Waals surface area contributed by atoms with E-state index in [4.69, 9.17) is 33.7 Å². The Bertz CT molecular complexity index is 1540. The molecule has 1 heterocycles. The van der Waals surface area contributed by atoms with Crippen molar-refractivity contribution in [1.82, 2.24) is 4.90 Å². The number of esters is 1. The van der Waals surface area contributed by atoms with Crippen molar-refractivity contribution in [1.29, 1.82) is 0 Å². The van der Waals surface area contributed by atoms with Crippen LogP contribution in [0.15, 0.2) is 78.9 Å². The monoisotopic (exact) mass is 604 g/mol. The molecular weight excluding hydrogens is 579 g/mol. The van der Waals surface area contributed by atoms with Crippen LogP contribution in [0.5, 0.6) is 0 Å². The summed E-state index contributed by atoms with van der Waals surface area (Å²) in [5.41, 5.74) is 8.20. The Morgan fingerprint density at radius 2 is 1.24 bits per heavy atom. The molecule has 42 heavy (non-hydrogen) atoms. The van der Waals surface area contributed by atoms with Gasteiger partial charge >= 0.3 is 5.97 Å². The summed E-state index contributed by atoms with van der Waals surface area (Å²) in [6.07, 6.45) is -1.79. The van der Waals surface area contributed by atoms with Crippen LogP contribution in [0, 0.1) is 11.8 Å². The number of ketones is 1. The zero-order valence-corrected chi connectivity index (χ0v) is 24.0. The maximum absolute atomic E-state index is 14.3. The first-order chi connectivity index (χ1) is 20.1. The highest BCUT2D eigenvalue weighted by molar-refractivity contribution is 6.36. The van der Waals surface area contributed by atoms with Crippen molar-refractivity contribution in [3.63, 3.8) is 0 Å². The Morgan fingerprint density at radius 1 is 0.810 bits per heavy atom. The van der Waals surface area contributed by atoms with Gasteiger partial charge in [0.2, 0.25) is 23.5 Å². The lowest BCUT2D eigenvalue weighted by molar-refractivity contribution is -0.162. The summed E-state index contributed by atoms with van der Waals surface area (Å²) in [5, 5.41) is 0. The largest absolute Gasteiger partial charge is 0.452 e. The van der Waals surface area contributed by atoms with E-state index in [1.807, 2.05) is 0 Å². The molecule has 3 aromatic carbocycles. The molecule has 0 radical (unpaired) electrons. The van der Waals surface area contributed by atoms with Gasteiger partial charge in [0.25, 0.3) is 0 Å². The third-order valence-electron chi connectivity index (χ3n) is 8.58. The highest BCUT2D eigenvalue weighted by Gasteiger charge is 2.74. The lowest BCUT2D eigenvalue weighted by Gasteiger charge is -2.54. The first-order valence-electron chi connectivity index (χ1n) is 13.6. The van der Waals surface area contributed by atoms with Crippen molar-refractivity contribution >= 4 is 52.7 Å². The van der Waals surface area contributed by atoms with E-state index in [1.54, 1.807) is 85.8 Å². The van der Waals surface area contributed by atoms with Crippen molar-refractivity contribution in [2.24, 2.45) is 17.6 Å². The zero-order valence-electron chi connectivity index (χ0n) is 22.5. The number of hydrogen-bond acceptors (Lipinski definition) is 6. The number of alkyl halides is 2. The van der Waals surface area contributed by atoms with E-state index in [1.165, 1.54) is 0 Å². The number of hydrogen-bond donors (Lipinski definition) is 1. The van der Waals surface area contributed by atoms with Crippen LogP contribution in [0.3, 0.4) is 0 Å². The van der Waals surface area contributed by atoms with Crippen LogP contribution < -0.4 is 5.73 Å². The van der Waals surface area contributed by atoms with Crippen molar-refractivity contribution in [3.8, 4) is 0 Å². The molecule has 1 aliphatic heterocycles. The average molecular weight is 605 g/mol. The number of benzene rings is 3. The van der Waals surface area contributed by atoms with Crippen LogP contribution in [-0.4, -0.2) is 46.5 Å². The van der Waals surface area contributed by atoms with Gasteiger partial charge in [-0.15, -0.1) is 23.2 Å². The third kappa shape index (κ3) is 3.78. The summed E-state index contributed by atoms with van der Waals surface area (Å²) < 4.78 is 5.58. The number of likely N-dealkylation sites (tertiary alicyclic amines) is 1. The molecule has 0 unspecified atom stereocenters. The Labute approximate surface area is 251 Å². The molecule has 3 aliphatic carbocycles. The van der Waals surface area contributed by atoms with E-state index < -0.39 is 69.6 Å². The van der Waals surface area contributed by atoms with Gasteiger partial charge in [0.1, 0.15) is 15.8 Å². The van der Waals surface area contributed by atoms with Gasteiger partial charge in [-0.2, -0.15) is 0 Å². The quantitative estimate of drug-likeness (QED) is 0.179. The number of Topliss-reactive ketones (excluding diaryl/α,β-unsaturated/α-hetero) is 1. The molecule has 2 bridgehead atoms. The van der Waals surface area contributed by atoms with E-state index in [-0.39, 0.29) is 6.42 Å². The number of rotatable bonds is 8. The van der Waals surface area contributed by atoms with Crippen LogP contribution in [-0.2, 0) is 33.7 Å². The van der Waals surface area contributed by atoms with Gasteiger partial charge < -0.3 is 10.5 Å². The fourth-order valence-electron chi connectivity index (χ4n) is 6.80. The van der Waals surface area contributed by atoms with Crippen LogP contribution in [0.2, 0.25) is 0 Å². The highest BCUT2D eigenvalue weighted by Crippen LogP contribution is 2.69. The smallest absolute Gasteiger partial charge is 0.330 e. The number of ether oxygens (including phenoxy) is 1. The Balaban J connectivity index is 1.42. The van der Waals surface area contributed by atoms with E-state index in [2.05, 4.69) is 0 Å². The molecule has 4 aliphatic rings. The lowest BCUT2D eigenvalue weighted by atomic mass is 9.54. The number of amides is 3. The van der Waals surface area contributed by atoms with Gasteiger partial charge in [-0.25, -0.2) is 4.79 Å². The predicted octanol–water partition coefficient (Wildman–Crippen LogP) is 4.03. The Hall–Kier alpha value is -4.01.